The van der Waals surface area contributed by atoms with Gasteiger partial charge in [-0.1, -0.05) is 43.4 Å². The smallest absolute Gasteiger partial charge is 0.119 e. The van der Waals surface area contributed by atoms with Gasteiger partial charge in [0.1, 0.15) is 5.75 Å². The van der Waals surface area contributed by atoms with Crippen molar-refractivity contribution in [3.8, 4) is 5.75 Å². The first-order valence-electron chi connectivity index (χ1n) is 6.35. The van der Waals surface area contributed by atoms with Crippen LogP contribution in [0.15, 0.2) is 30.4 Å². The van der Waals surface area contributed by atoms with Gasteiger partial charge in [-0.3, -0.25) is 0 Å². The Bertz CT molecular complexity index is 504. The number of benzene rings is 1. The van der Waals surface area contributed by atoms with Gasteiger partial charge in [0, 0.05) is 5.92 Å². The molecular weight excluding hydrogens is 224 g/mol. The van der Waals surface area contributed by atoms with Crippen molar-refractivity contribution < 1.29 is 4.74 Å². The topological polar surface area (TPSA) is 9.23 Å². The standard InChI is InChI=1S/C15H20OSi/c1-9-14-10(2)15(9)17(4,5)13-7-6-11(16-3)8-12(13)14/h6-8,10,14-15H,1H2,2-5H3. The van der Waals surface area contributed by atoms with Gasteiger partial charge in [-0.25, -0.2) is 0 Å². The molecule has 2 bridgehead atoms. The highest BCUT2D eigenvalue weighted by Gasteiger charge is 2.56. The zero-order valence-corrected chi connectivity index (χ0v) is 12.1. The van der Waals surface area contributed by atoms with Crippen LogP contribution in [-0.4, -0.2) is 15.2 Å². The van der Waals surface area contributed by atoms with Crippen molar-refractivity contribution in [2.75, 3.05) is 7.11 Å². The molecule has 2 heteroatoms. The molecule has 1 nitrogen and oxygen atoms in total. The summed E-state index contributed by atoms with van der Waals surface area (Å²) in [5.41, 5.74) is 3.77. The average Bonchev–Trinajstić information content (AvgIpc) is 2.27. The third kappa shape index (κ3) is 1.19. The molecule has 0 N–H and O–H groups in total. The molecule has 2 heterocycles. The number of allylic oxidation sites excluding steroid dienone is 1. The van der Waals surface area contributed by atoms with Crippen LogP contribution >= 0.6 is 0 Å². The monoisotopic (exact) mass is 244 g/mol. The normalized spacial score (nSPS) is 32.7. The van der Waals surface area contributed by atoms with E-state index in [0.29, 0.717) is 5.92 Å². The summed E-state index contributed by atoms with van der Waals surface area (Å²) in [5.74, 6) is 2.35. The minimum absolute atomic E-state index is 0.589. The number of methoxy groups -OCH3 is 1. The zero-order chi connectivity index (χ0) is 12.4. The number of rotatable bonds is 1. The van der Waals surface area contributed by atoms with Crippen molar-refractivity contribution in [3.63, 3.8) is 0 Å². The Kier molecular flexibility index (Phi) is 2.12. The summed E-state index contributed by atoms with van der Waals surface area (Å²) < 4.78 is 5.37. The van der Waals surface area contributed by atoms with Crippen molar-refractivity contribution in [1.29, 1.82) is 0 Å². The second-order valence-corrected chi connectivity index (χ2v) is 10.7. The Labute approximate surface area is 105 Å². The quantitative estimate of drug-likeness (QED) is 0.544. The van der Waals surface area contributed by atoms with Crippen LogP contribution in [0.3, 0.4) is 0 Å². The molecular formula is C15H20OSi. The lowest BCUT2D eigenvalue weighted by molar-refractivity contribution is 0.371. The van der Waals surface area contributed by atoms with Crippen LogP contribution in [-0.2, 0) is 0 Å². The highest BCUT2D eigenvalue weighted by atomic mass is 28.3. The number of ether oxygens (including phenoxy) is 1. The van der Waals surface area contributed by atoms with E-state index in [1.54, 1.807) is 12.3 Å². The zero-order valence-electron chi connectivity index (χ0n) is 11.1. The number of hydrogen-bond acceptors (Lipinski definition) is 1. The predicted octanol–water partition coefficient (Wildman–Crippen LogP) is 3.28. The molecule has 0 saturated heterocycles. The van der Waals surface area contributed by atoms with E-state index in [4.69, 9.17) is 4.74 Å². The Morgan fingerprint density at radius 1 is 1.29 bits per heavy atom. The van der Waals surface area contributed by atoms with E-state index < -0.39 is 8.07 Å². The van der Waals surface area contributed by atoms with Gasteiger partial charge in [0.15, 0.2) is 0 Å². The first-order valence-corrected chi connectivity index (χ1v) is 9.43. The van der Waals surface area contributed by atoms with Crippen LogP contribution < -0.4 is 9.92 Å². The second-order valence-electron chi connectivity index (χ2n) is 6.06. The van der Waals surface area contributed by atoms with Crippen LogP contribution in [0.4, 0.5) is 0 Å². The summed E-state index contributed by atoms with van der Waals surface area (Å²) in [4.78, 5) is 0. The summed E-state index contributed by atoms with van der Waals surface area (Å²) in [7, 11) is 0.379. The van der Waals surface area contributed by atoms with Crippen LogP contribution in [0.25, 0.3) is 0 Å². The molecule has 4 rings (SSSR count). The SMILES string of the molecule is C=C1C2c3cc(OC)ccc3[Si](C)(C)C1C2C. The molecule has 0 aromatic heterocycles. The van der Waals surface area contributed by atoms with Gasteiger partial charge >= 0.3 is 0 Å². The average molecular weight is 244 g/mol. The first-order chi connectivity index (χ1) is 7.98. The summed E-state index contributed by atoms with van der Waals surface area (Å²) in [6.07, 6.45) is 0. The fraction of sp³-hybridized carbons (Fsp3) is 0.467. The number of hydrogen-bond donors (Lipinski definition) is 0. The third-order valence-corrected chi connectivity index (χ3v) is 9.21. The van der Waals surface area contributed by atoms with Gasteiger partial charge in [0.25, 0.3) is 0 Å². The highest BCUT2D eigenvalue weighted by molar-refractivity contribution is 6.92. The van der Waals surface area contributed by atoms with E-state index in [9.17, 15) is 0 Å². The Morgan fingerprint density at radius 3 is 2.59 bits per heavy atom. The molecule has 2 aliphatic heterocycles. The third-order valence-electron chi connectivity index (χ3n) is 4.92. The van der Waals surface area contributed by atoms with Crippen LogP contribution in [0.1, 0.15) is 18.4 Å². The van der Waals surface area contributed by atoms with E-state index in [-0.39, 0.29) is 0 Å². The molecule has 3 atom stereocenters. The minimum atomic E-state index is -1.37. The molecule has 1 fully saturated rings. The molecule has 3 aliphatic rings. The molecule has 0 radical (unpaired) electrons. The summed E-state index contributed by atoms with van der Waals surface area (Å²) in [6, 6.07) is 6.66. The van der Waals surface area contributed by atoms with E-state index in [1.165, 1.54) is 11.1 Å². The molecule has 17 heavy (non-hydrogen) atoms. The van der Waals surface area contributed by atoms with Gasteiger partial charge in [0.2, 0.25) is 0 Å². The fourth-order valence-corrected chi connectivity index (χ4v) is 8.66. The Morgan fingerprint density at radius 2 is 2.00 bits per heavy atom. The van der Waals surface area contributed by atoms with Crippen molar-refractivity contribution in [1.82, 2.24) is 0 Å². The van der Waals surface area contributed by atoms with Gasteiger partial charge < -0.3 is 4.74 Å². The molecule has 90 valence electrons. The van der Waals surface area contributed by atoms with Gasteiger partial charge in [-0.05, 0) is 29.2 Å². The van der Waals surface area contributed by atoms with Crippen LogP contribution in [0.5, 0.6) is 5.75 Å². The minimum Gasteiger partial charge on any atom is -0.497 e. The maximum atomic E-state index is 5.37. The lowest BCUT2D eigenvalue weighted by Gasteiger charge is -2.58. The molecule has 3 unspecified atom stereocenters. The Balaban J connectivity index is 2.22. The van der Waals surface area contributed by atoms with Crippen molar-refractivity contribution in [2.45, 2.75) is 31.5 Å². The maximum absolute atomic E-state index is 5.37. The molecule has 0 amide bonds. The predicted molar refractivity (Wildman–Crippen MR) is 74.9 cm³/mol. The molecule has 1 aliphatic carbocycles. The van der Waals surface area contributed by atoms with Gasteiger partial charge in [-0.2, -0.15) is 0 Å². The van der Waals surface area contributed by atoms with E-state index >= 15 is 0 Å². The van der Waals surface area contributed by atoms with Crippen molar-refractivity contribution in [2.24, 2.45) is 5.92 Å². The fourth-order valence-electron chi connectivity index (χ4n) is 4.23. The van der Waals surface area contributed by atoms with E-state index in [0.717, 1.165) is 17.2 Å². The molecule has 1 saturated carbocycles. The van der Waals surface area contributed by atoms with Gasteiger partial charge in [-0.15, -0.1) is 0 Å². The Hall–Kier alpha value is -1.02. The summed E-state index contributed by atoms with van der Waals surface area (Å²) in [5, 5.41) is 1.62. The van der Waals surface area contributed by atoms with Crippen LogP contribution in [0.2, 0.25) is 18.6 Å². The van der Waals surface area contributed by atoms with Crippen molar-refractivity contribution >= 4 is 13.3 Å². The van der Waals surface area contributed by atoms with Crippen molar-refractivity contribution in [3.05, 3.63) is 35.9 Å². The summed E-state index contributed by atoms with van der Waals surface area (Å²) >= 11 is 0. The lowest BCUT2D eigenvalue weighted by Crippen LogP contribution is -2.61. The largest absolute Gasteiger partial charge is 0.497 e. The molecule has 1 aromatic carbocycles. The molecule has 0 spiro atoms. The van der Waals surface area contributed by atoms with Crippen LogP contribution in [0, 0.1) is 5.92 Å². The first kappa shape index (κ1) is 11.1. The second kappa shape index (κ2) is 3.26. The van der Waals surface area contributed by atoms with E-state index in [2.05, 4.69) is 44.8 Å². The molecule has 1 aromatic rings. The maximum Gasteiger partial charge on any atom is 0.119 e. The summed E-state index contributed by atoms with van der Waals surface area (Å²) in [6.45, 7) is 11.7. The van der Waals surface area contributed by atoms with Gasteiger partial charge in [0.05, 0.1) is 15.2 Å². The van der Waals surface area contributed by atoms with E-state index in [1.807, 2.05) is 0 Å². The lowest BCUT2D eigenvalue weighted by atomic mass is 9.66. The highest BCUT2D eigenvalue weighted by Crippen LogP contribution is 2.62.